The van der Waals surface area contributed by atoms with Crippen LogP contribution in [0.4, 0.5) is 11.4 Å². The first-order chi connectivity index (χ1) is 6.91. The van der Waals surface area contributed by atoms with Gasteiger partial charge in [-0.1, -0.05) is 13.8 Å². The molecule has 0 aliphatic carbocycles. The van der Waals surface area contributed by atoms with Crippen LogP contribution >= 0.6 is 0 Å². The quantitative estimate of drug-likeness (QED) is 0.770. The van der Waals surface area contributed by atoms with Crippen molar-refractivity contribution in [2.24, 2.45) is 5.92 Å². The maximum Gasteiger partial charge on any atom is 0.0600 e. The smallest absolute Gasteiger partial charge is 0.0600 e. The zero-order valence-electron chi connectivity index (χ0n) is 10.5. The summed E-state index contributed by atoms with van der Waals surface area (Å²) in [5.74, 6) is 0.649. The van der Waals surface area contributed by atoms with Gasteiger partial charge in [-0.2, -0.15) is 0 Å². The van der Waals surface area contributed by atoms with E-state index in [-0.39, 0.29) is 0 Å². The van der Waals surface area contributed by atoms with Crippen molar-refractivity contribution in [1.29, 1.82) is 0 Å². The van der Waals surface area contributed by atoms with Gasteiger partial charge >= 0.3 is 0 Å². The molecule has 0 aliphatic rings. The van der Waals surface area contributed by atoms with Crippen molar-refractivity contribution in [2.45, 2.75) is 27.7 Å². The average Bonchev–Trinajstić information content (AvgIpc) is 2.09. The summed E-state index contributed by atoms with van der Waals surface area (Å²) in [5.41, 5.74) is 10.6. The van der Waals surface area contributed by atoms with Gasteiger partial charge in [0, 0.05) is 13.6 Å². The molecule has 0 saturated carbocycles. The van der Waals surface area contributed by atoms with Gasteiger partial charge in [0.25, 0.3) is 0 Å². The van der Waals surface area contributed by atoms with Crippen LogP contribution < -0.4 is 10.6 Å². The van der Waals surface area contributed by atoms with E-state index in [1.54, 1.807) is 0 Å². The van der Waals surface area contributed by atoms with Crippen molar-refractivity contribution in [1.82, 2.24) is 0 Å². The Hall–Kier alpha value is -1.18. The Morgan fingerprint density at radius 3 is 2.27 bits per heavy atom. The SMILES string of the molecule is Cc1cc(N)c(N(C)CC(C)C)cc1C. The third-order valence-corrected chi connectivity index (χ3v) is 2.69. The summed E-state index contributed by atoms with van der Waals surface area (Å²) >= 11 is 0. The third kappa shape index (κ3) is 2.88. The molecule has 0 radical (unpaired) electrons. The molecule has 2 heteroatoms. The molecule has 1 aromatic carbocycles. The van der Waals surface area contributed by atoms with Crippen molar-refractivity contribution in [3.63, 3.8) is 0 Å². The second-order valence-corrected chi connectivity index (χ2v) is 4.77. The highest BCUT2D eigenvalue weighted by atomic mass is 15.1. The molecule has 0 saturated heterocycles. The summed E-state index contributed by atoms with van der Waals surface area (Å²) in [4.78, 5) is 2.23. The van der Waals surface area contributed by atoms with Crippen LogP contribution in [0.15, 0.2) is 12.1 Å². The first-order valence-corrected chi connectivity index (χ1v) is 5.49. The number of rotatable bonds is 3. The molecule has 2 nitrogen and oxygen atoms in total. The van der Waals surface area contributed by atoms with Gasteiger partial charge in [0.15, 0.2) is 0 Å². The molecule has 1 aromatic rings. The van der Waals surface area contributed by atoms with Crippen molar-refractivity contribution < 1.29 is 0 Å². The minimum Gasteiger partial charge on any atom is -0.397 e. The first-order valence-electron chi connectivity index (χ1n) is 5.49. The van der Waals surface area contributed by atoms with Crippen molar-refractivity contribution in [3.05, 3.63) is 23.3 Å². The molecule has 84 valence electrons. The van der Waals surface area contributed by atoms with E-state index in [0.29, 0.717) is 5.92 Å². The fraction of sp³-hybridized carbons (Fsp3) is 0.538. The van der Waals surface area contributed by atoms with Crippen LogP contribution in [-0.2, 0) is 0 Å². The highest BCUT2D eigenvalue weighted by Crippen LogP contribution is 2.26. The number of nitrogens with zero attached hydrogens (tertiary/aromatic N) is 1. The minimum absolute atomic E-state index is 0.649. The fourth-order valence-corrected chi connectivity index (χ4v) is 1.80. The molecule has 15 heavy (non-hydrogen) atoms. The molecule has 2 N–H and O–H groups in total. The third-order valence-electron chi connectivity index (χ3n) is 2.69. The Bertz CT molecular complexity index is 343. The predicted octanol–water partition coefficient (Wildman–Crippen LogP) is 2.98. The van der Waals surface area contributed by atoms with Crippen LogP contribution in [0, 0.1) is 19.8 Å². The number of aryl methyl sites for hydroxylation is 2. The Kier molecular flexibility index (Phi) is 3.61. The molecule has 0 fully saturated rings. The van der Waals surface area contributed by atoms with Gasteiger partial charge in [-0.25, -0.2) is 0 Å². The highest BCUT2D eigenvalue weighted by Gasteiger charge is 2.08. The number of hydrogen-bond donors (Lipinski definition) is 1. The summed E-state index contributed by atoms with van der Waals surface area (Å²) in [7, 11) is 2.10. The maximum atomic E-state index is 6.03. The first kappa shape index (κ1) is 11.9. The van der Waals surface area contributed by atoms with E-state index in [1.807, 2.05) is 0 Å². The lowest BCUT2D eigenvalue weighted by Crippen LogP contribution is -2.23. The second-order valence-electron chi connectivity index (χ2n) is 4.77. The van der Waals surface area contributed by atoms with E-state index in [0.717, 1.165) is 17.9 Å². The highest BCUT2D eigenvalue weighted by molar-refractivity contribution is 5.69. The van der Waals surface area contributed by atoms with Gasteiger partial charge in [0.05, 0.1) is 11.4 Å². The van der Waals surface area contributed by atoms with Gasteiger partial charge in [0.1, 0.15) is 0 Å². The molecule has 1 rings (SSSR count). The van der Waals surface area contributed by atoms with Crippen LogP contribution in [0.1, 0.15) is 25.0 Å². The van der Waals surface area contributed by atoms with Crippen LogP contribution in [0.25, 0.3) is 0 Å². The van der Waals surface area contributed by atoms with E-state index in [2.05, 4.69) is 51.8 Å². The van der Waals surface area contributed by atoms with E-state index in [1.165, 1.54) is 11.1 Å². The number of anilines is 2. The molecule has 0 aliphatic heterocycles. The molecule has 0 aromatic heterocycles. The number of hydrogen-bond acceptors (Lipinski definition) is 2. The Labute approximate surface area is 93.1 Å². The monoisotopic (exact) mass is 206 g/mol. The molecule has 0 spiro atoms. The van der Waals surface area contributed by atoms with E-state index >= 15 is 0 Å². The summed E-state index contributed by atoms with van der Waals surface area (Å²) in [6.07, 6.45) is 0. The Morgan fingerprint density at radius 2 is 1.73 bits per heavy atom. The summed E-state index contributed by atoms with van der Waals surface area (Å²) in [6.45, 7) is 9.69. The predicted molar refractivity (Wildman–Crippen MR) is 68.4 cm³/mol. The van der Waals surface area contributed by atoms with Crippen molar-refractivity contribution in [2.75, 3.05) is 24.2 Å². The van der Waals surface area contributed by atoms with Crippen LogP contribution in [0.3, 0.4) is 0 Å². The standard InChI is InChI=1S/C13H22N2/c1-9(2)8-15(5)13-7-11(4)10(3)6-12(13)14/h6-7,9H,8,14H2,1-5H3. The van der Waals surface area contributed by atoms with Crippen LogP contribution in [0.2, 0.25) is 0 Å². The topological polar surface area (TPSA) is 29.3 Å². The zero-order chi connectivity index (χ0) is 11.6. The molecule has 0 amide bonds. The second kappa shape index (κ2) is 4.56. The lowest BCUT2D eigenvalue weighted by Gasteiger charge is -2.24. The Balaban J connectivity index is 2.98. The lowest BCUT2D eigenvalue weighted by atomic mass is 10.1. The molecule has 0 heterocycles. The lowest BCUT2D eigenvalue weighted by molar-refractivity contribution is 0.639. The molecular formula is C13H22N2. The molecular weight excluding hydrogens is 184 g/mol. The number of benzene rings is 1. The van der Waals surface area contributed by atoms with Crippen LogP contribution in [0.5, 0.6) is 0 Å². The number of nitrogen functional groups attached to an aromatic ring is 1. The fourth-order valence-electron chi connectivity index (χ4n) is 1.80. The van der Waals surface area contributed by atoms with Gasteiger partial charge in [-0.15, -0.1) is 0 Å². The largest absolute Gasteiger partial charge is 0.397 e. The summed E-state index contributed by atoms with van der Waals surface area (Å²) in [6, 6.07) is 4.23. The van der Waals surface area contributed by atoms with Crippen molar-refractivity contribution >= 4 is 11.4 Å². The van der Waals surface area contributed by atoms with Gasteiger partial charge < -0.3 is 10.6 Å². The van der Waals surface area contributed by atoms with Gasteiger partial charge in [0.2, 0.25) is 0 Å². The summed E-state index contributed by atoms with van der Waals surface area (Å²) in [5, 5.41) is 0. The minimum atomic E-state index is 0.649. The summed E-state index contributed by atoms with van der Waals surface area (Å²) < 4.78 is 0. The van der Waals surface area contributed by atoms with Crippen molar-refractivity contribution in [3.8, 4) is 0 Å². The Morgan fingerprint density at radius 1 is 1.20 bits per heavy atom. The van der Waals surface area contributed by atoms with Crippen LogP contribution in [-0.4, -0.2) is 13.6 Å². The number of nitrogens with two attached hydrogens (primary N) is 1. The molecule has 0 unspecified atom stereocenters. The average molecular weight is 206 g/mol. The van der Waals surface area contributed by atoms with E-state index < -0.39 is 0 Å². The molecule has 0 bridgehead atoms. The zero-order valence-corrected chi connectivity index (χ0v) is 10.5. The molecule has 0 atom stereocenters. The van der Waals surface area contributed by atoms with Gasteiger partial charge in [-0.05, 0) is 43.0 Å². The normalized spacial score (nSPS) is 10.8. The van der Waals surface area contributed by atoms with E-state index in [9.17, 15) is 0 Å². The van der Waals surface area contributed by atoms with Gasteiger partial charge in [-0.3, -0.25) is 0 Å². The maximum absolute atomic E-state index is 6.03. The van der Waals surface area contributed by atoms with E-state index in [4.69, 9.17) is 5.73 Å².